The van der Waals surface area contributed by atoms with E-state index in [0.717, 1.165) is 126 Å². The van der Waals surface area contributed by atoms with Crippen LogP contribution in [-0.4, -0.2) is 106 Å². The van der Waals surface area contributed by atoms with Crippen molar-refractivity contribution in [3.05, 3.63) is 108 Å². The highest BCUT2D eigenvalue weighted by atomic mass is 32.2. The SMILES string of the molecule is Cc1ccc2nc(-c3ccc4c(c3)OCO4)n(-c3ccnc(NC4CCOCC4)n3)c2c1.Cc1ccc2nc(-c3ccc4c(c3)OCO4)n(-c3ccnc(S(C)(=O)=O)n3)c2c1.NC1CCOCC1. The van der Waals surface area contributed by atoms with Crippen LogP contribution in [0.2, 0.25) is 0 Å². The summed E-state index contributed by atoms with van der Waals surface area (Å²) in [7, 11) is -3.56. The van der Waals surface area contributed by atoms with Gasteiger partial charge in [0.05, 0.1) is 22.1 Å². The van der Waals surface area contributed by atoms with Crippen LogP contribution in [-0.2, 0) is 19.3 Å². The van der Waals surface area contributed by atoms with Gasteiger partial charge in [0, 0.05) is 68.3 Å². The Kier molecular flexibility index (Phi) is 12.6. The summed E-state index contributed by atoms with van der Waals surface area (Å²) in [5.74, 6) is 5.98. The smallest absolute Gasteiger partial charge is 0.248 e. The van der Waals surface area contributed by atoms with E-state index in [0.29, 0.717) is 41.2 Å². The Morgan fingerprint density at radius 1 is 0.588 bits per heavy atom. The van der Waals surface area contributed by atoms with Gasteiger partial charge in [0.25, 0.3) is 0 Å². The van der Waals surface area contributed by atoms with Crippen molar-refractivity contribution >= 4 is 37.9 Å². The van der Waals surface area contributed by atoms with Crippen molar-refractivity contribution in [1.82, 2.24) is 39.0 Å². The minimum absolute atomic E-state index is 0.179. The second kappa shape index (κ2) is 19.2. The molecule has 8 aromatic rings. The molecule has 0 unspecified atom stereocenters. The van der Waals surface area contributed by atoms with E-state index < -0.39 is 9.84 Å². The molecule has 12 rings (SSSR count). The quantitative estimate of drug-likeness (QED) is 0.152. The second-order valence-corrected chi connectivity index (χ2v) is 18.8. The van der Waals surface area contributed by atoms with Gasteiger partial charge in [-0.3, -0.25) is 9.13 Å². The van der Waals surface area contributed by atoms with Crippen LogP contribution < -0.4 is 30.0 Å². The molecule has 4 aliphatic rings. The highest BCUT2D eigenvalue weighted by Crippen LogP contribution is 2.39. The number of nitrogens with zero attached hydrogens (tertiary/aromatic N) is 8. The first kappa shape index (κ1) is 44.6. The van der Waals surface area contributed by atoms with Crippen molar-refractivity contribution in [2.45, 2.75) is 56.8 Å². The number of ether oxygens (including phenoxy) is 6. The number of benzene rings is 4. The third kappa shape index (κ3) is 9.64. The summed E-state index contributed by atoms with van der Waals surface area (Å²) in [4.78, 5) is 27.2. The van der Waals surface area contributed by atoms with Crippen molar-refractivity contribution in [2.75, 3.05) is 51.6 Å². The standard InChI is InChI=1S/C24H23N5O3.C20H16N4O4S.C5H11NO/c1-15-2-4-18-19(12-15)29(23(27-18)16-3-5-20-21(13-16)32-14-31-20)22-6-9-25-24(28-22)26-17-7-10-30-11-8-17;1-12-3-5-14-15(9-12)24(18-7-8-21-20(23-18)29(2,25)26)19(22-14)13-4-6-16-17(10-13)28-11-27-16;6-5-1-3-7-4-2-5/h2-6,9,12-13,17H,7-8,10-11,14H2,1H3,(H,25,26,28);3-10H,11H2,1-2H3;5H,1-4,6H2. The number of imidazole rings is 2. The van der Waals surface area contributed by atoms with Crippen LogP contribution in [0.4, 0.5) is 5.95 Å². The third-order valence-corrected chi connectivity index (χ3v) is 12.6. The molecule has 0 radical (unpaired) electrons. The van der Waals surface area contributed by atoms with Crippen LogP contribution in [0.15, 0.2) is 102 Å². The highest BCUT2D eigenvalue weighted by Gasteiger charge is 2.23. The van der Waals surface area contributed by atoms with Crippen molar-refractivity contribution in [2.24, 2.45) is 5.73 Å². The number of nitrogens with one attached hydrogen (secondary N) is 1. The van der Waals surface area contributed by atoms with E-state index in [2.05, 4.69) is 43.9 Å². The minimum atomic E-state index is -3.56. The Morgan fingerprint density at radius 2 is 1.09 bits per heavy atom. The summed E-state index contributed by atoms with van der Waals surface area (Å²) in [6.07, 6.45) is 8.28. The Bertz CT molecular complexity index is 3240. The zero-order valence-electron chi connectivity index (χ0n) is 37.8. The molecule has 4 aliphatic heterocycles. The zero-order valence-corrected chi connectivity index (χ0v) is 38.6. The minimum Gasteiger partial charge on any atom is -0.454 e. The van der Waals surface area contributed by atoms with E-state index in [4.69, 9.17) is 49.1 Å². The third-order valence-electron chi connectivity index (χ3n) is 11.8. The van der Waals surface area contributed by atoms with Crippen molar-refractivity contribution in [1.29, 1.82) is 0 Å². The predicted molar refractivity (Wildman–Crippen MR) is 255 cm³/mol. The Morgan fingerprint density at radius 3 is 1.60 bits per heavy atom. The first-order valence-corrected chi connectivity index (χ1v) is 24.3. The summed E-state index contributed by atoms with van der Waals surface area (Å²) >= 11 is 0. The van der Waals surface area contributed by atoms with Gasteiger partial charge >= 0.3 is 0 Å². The van der Waals surface area contributed by atoms with Crippen LogP contribution in [0.1, 0.15) is 36.8 Å². The van der Waals surface area contributed by atoms with Crippen LogP contribution >= 0.6 is 0 Å². The van der Waals surface area contributed by atoms with E-state index >= 15 is 0 Å². The molecule has 4 aromatic heterocycles. The normalized spacial score (nSPS) is 15.7. The lowest BCUT2D eigenvalue weighted by molar-refractivity contribution is 0.0866. The molecule has 4 aromatic carbocycles. The number of nitrogens with two attached hydrogens (primary N) is 1. The maximum Gasteiger partial charge on any atom is 0.248 e. The number of hydrogen-bond donors (Lipinski definition) is 2. The van der Waals surface area contributed by atoms with Crippen molar-refractivity contribution in [3.63, 3.8) is 0 Å². The Labute approximate surface area is 392 Å². The van der Waals surface area contributed by atoms with Crippen LogP contribution in [0.25, 0.3) is 56.5 Å². The van der Waals surface area contributed by atoms with E-state index in [1.807, 2.05) is 78.2 Å². The lowest BCUT2D eigenvalue weighted by Crippen LogP contribution is -2.28. The van der Waals surface area contributed by atoms with Gasteiger partial charge in [0.2, 0.25) is 34.5 Å². The molecule has 0 spiro atoms. The number of rotatable bonds is 7. The summed E-state index contributed by atoms with van der Waals surface area (Å²) in [5.41, 5.74) is 13.0. The van der Waals surface area contributed by atoms with Crippen LogP contribution in [0.5, 0.6) is 23.0 Å². The Balaban J connectivity index is 0.000000139. The van der Waals surface area contributed by atoms with Crippen LogP contribution in [0, 0.1) is 13.8 Å². The average molecular weight is 939 g/mol. The number of aryl methyl sites for hydroxylation is 2. The van der Waals surface area contributed by atoms with E-state index in [9.17, 15) is 8.42 Å². The molecule has 0 aliphatic carbocycles. The topological polar surface area (TPSA) is 215 Å². The van der Waals surface area contributed by atoms with E-state index in [1.165, 1.54) is 6.20 Å². The maximum atomic E-state index is 12.0. The zero-order chi connectivity index (χ0) is 46.8. The summed E-state index contributed by atoms with van der Waals surface area (Å²) < 4.78 is 60.4. The van der Waals surface area contributed by atoms with Crippen LogP contribution in [0.3, 0.4) is 0 Å². The van der Waals surface area contributed by atoms with Gasteiger partial charge in [0.15, 0.2) is 23.0 Å². The second-order valence-electron chi connectivity index (χ2n) is 16.9. The van der Waals surface area contributed by atoms with Gasteiger partial charge in [-0.1, -0.05) is 12.1 Å². The molecule has 2 fully saturated rings. The number of aromatic nitrogens is 8. The molecule has 19 heteroatoms. The first-order chi connectivity index (χ1) is 33.0. The monoisotopic (exact) mass is 938 g/mol. The van der Waals surface area contributed by atoms with Crippen molar-refractivity contribution in [3.8, 4) is 57.4 Å². The lowest BCUT2D eigenvalue weighted by atomic mass is 10.1. The lowest BCUT2D eigenvalue weighted by Gasteiger charge is -2.23. The molecule has 0 atom stereocenters. The fourth-order valence-electron chi connectivity index (χ4n) is 8.21. The van der Waals surface area contributed by atoms with E-state index in [-0.39, 0.29) is 18.7 Å². The Hall–Kier alpha value is -7.19. The molecule has 18 nitrogen and oxygen atoms in total. The number of hydrogen-bond acceptors (Lipinski definition) is 16. The fraction of sp³-hybridized carbons (Fsp3) is 0.306. The average Bonchev–Trinajstić information content (AvgIpc) is 4.17. The molecule has 0 bridgehead atoms. The van der Waals surface area contributed by atoms with Gasteiger partial charge in [0.1, 0.15) is 23.3 Å². The van der Waals surface area contributed by atoms with Crippen molar-refractivity contribution < 1.29 is 36.8 Å². The predicted octanol–water partition coefficient (Wildman–Crippen LogP) is 7.16. The fourth-order valence-corrected chi connectivity index (χ4v) is 8.72. The first-order valence-electron chi connectivity index (χ1n) is 22.4. The van der Waals surface area contributed by atoms with Gasteiger partial charge in [-0.2, -0.15) is 4.98 Å². The number of anilines is 1. The van der Waals surface area contributed by atoms with Gasteiger partial charge in [-0.15, -0.1) is 0 Å². The van der Waals surface area contributed by atoms with E-state index in [1.54, 1.807) is 12.3 Å². The highest BCUT2D eigenvalue weighted by molar-refractivity contribution is 7.90. The molecular formula is C49H50N10O8S. The molecule has 2 saturated heterocycles. The van der Waals surface area contributed by atoms with Gasteiger partial charge < -0.3 is 39.5 Å². The molecule has 68 heavy (non-hydrogen) atoms. The summed E-state index contributed by atoms with van der Waals surface area (Å²) in [6, 6.07) is 27.9. The maximum absolute atomic E-state index is 12.0. The summed E-state index contributed by atoms with van der Waals surface area (Å²) in [5, 5.41) is 3.23. The van der Waals surface area contributed by atoms with Gasteiger partial charge in [-0.05, 0) is 123 Å². The number of sulfone groups is 1. The molecule has 350 valence electrons. The molecule has 0 saturated carbocycles. The molecular weight excluding hydrogens is 889 g/mol. The molecule has 3 N–H and O–H groups in total. The van der Waals surface area contributed by atoms with Gasteiger partial charge in [-0.25, -0.2) is 33.3 Å². The molecule has 8 heterocycles. The summed E-state index contributed by atoms with van der Waals surface area (Å²) in [6.45, 7) is 7.73. The number of fused-ring (bicyclic) bond motifs is 4. The largest absolute Gasteiger partial charge is 0.454 e. The molecule has 0 amide bonds.